The first-order valence-corrected chi connectivity index (χ1v) is 21.3. The minimum absolute atomic E-state index is 0.0221. The predicted molar refractivity (Wildman–Crippen MR) is 207 cm³/mol. The van der Waals surface area contributed by atoms with E-state index in [1.165, 1.54) is 83.1 Å². The lowest BCUT2D eigenvalue weighted by Crippen LogP contribution is -2.29. The van der Waals surface area contributed by atoms with Crippen LogP contribution in [-0.2, 0) is 32.9 Å². The van der Waals surface area contributed by atoms with Crippen LogP contribution >= 0.6 is 7.82 Å². The van der Waals surface area contributed by atoms with E-state index < -0.39 is 39.1 Å². The van der Waals surface area contributed by atoms with Gasteiger partial charge in [-0.2, -0.15) is 0 Å². The Morgan fingerprint density at radius 2 is 1.20 bits per heavy atom. The molecule has 0 aliphatic rings. The highest BCUT2D eigenvalue weighted by Crippen LogP contribution is 2.36. The normalized spacial score (nSPS) is 13.0. The molecule has 0 spiro atoms. The van der Waals surface area contributed by atoms with E-state index in [-0.39, 0.29) is 31.5 Å². The lowest BCUT2D eigenvalue weighted by atomic mass is 10.0. The number of ketones is 1. The van der Waals surface area contributed by atoms with Crippen molar-refractivity contribution >= 4 is 25.5 Å². The number of hydrogen-bond donors (Lipinski definition) is 2. The molecule has 0 aliphatic heterocycles. The Hall–Kier alpha value is -2.32. The van der Waals surface area contributed by atoms with Gasteiger partial charge in [0.25, 0.3) is 0 Å². The third-order valence-corrected chi connectivity index (χ3v) is 8.74. The minimum atomic E-state index is -4.81. The molecular formula is C41H71O9P. The van der Waals surface area contributed by atoms with Gasteiger partial charge in [0.05, 0.1) is 6.61 Å². The third-order valence-electron chi connectivity index (χ3n) is 8.25. The molecule has 0 aromatic rings. The van der Waals surface area contributed by atoms with E-state index >= 15 is 0 Å². The zero-order valence-electron chi connectivity index (χ0n) is 32.2. The Labute approximate surface area is 310 Å². The predicted octanol–water partition coefficient (Wildman–Crippen LogP) is 11.0. The average Bonchev–Trinajstić information content (AvgIpc) is 3.07. The molecule has 0 heterocycles. The molecule has 0 aromatic carbocycles. The first-order chi connectivity index (χ1) is 24.5. The van der Waals surface area contributed by atoms with Crippen LogP contribution in [0.4, 0.5) is 0 Å². The lowest BCUT2D eigenvalue weighted by molar-refractivity contribution is -0.161. The van der Waals surface area contributed by atoms with Gasteiger partial charge in [-0.05, 0) is 50.5 Å². The minimum Gasteiger partial charge on any atom is -0.462 e. The first-order valence-electron chi connectivity index (χ1n) is 19.7. The van der Waals surface area contributed by atoms with Crippen LogP contribution in [0.15, 0.2) is 48.6 Å². The van der Waals surface area contributed by atoms with Gasteiger partial charge in [-0.1, -0.05) is 153 Å². The topological polar surface area (TPSA) is 136 Å². The Balaban J connectivity index is 4.15. The lowest BCUT2D eigenvalue weighted by Gasteiger charge is -2.18. The zero-order valence-corrected chi connectivity index (χ0v) is 33.0. The molecule has 0 rings (SSSR count). The van der Waals surface area contributed by atoms with E-state index in [0.29, 0.717) is 6.42 Å². The summed E-state index contributed by atoms with van der Waals surface area (Å²) in [5.41, 5.74) is 0. The fourth-order valence-electron chi connectivity index (χ4n) is 5.28. The highest BCUT2D eigenvalue weighted by molar-refractivity contribution is 7.46. The van der Waals surface area contributed by atoms with Crippen LogP contribution in [0, 0.1) is 5.92 Å². The number of unbranched alkanes of at least 4 members (excludes halogenated alkanes) is 14. The summed E-state index contributed by atoms with van der Waals surface area (Å²) in [6, 6.07) is 0. The number of carbonyl (C=O) groups excluding carboxylic acids is 3. The van der Waals surface area contributed by atoms with E-state index in [2.05, 4.69) is 49.6 Å². The summed E-state index contributed by atoms with van der Waals surface area (Å²) in [4.78, 5) is 54.8. The summed E-state index contributed by atoms with van der Waals surface area (Å²) in [7, 11) is -4.81. The van der Waals surface area contributed by atoms with E-state index in [1.54, 1.807) is 6.08 Å². The number of hydrogen-bond acceptors (Lipinski definition) is 7. The summed E-state index contributed by atoms with van der Waals surface area (Å²) in [5, 5.41) is 0. The first kappa shape index (κ1) is 48.7. The monoisotopic (exact) mass is 738 g/mol. The molecule has 0 amide bonds. The van der Waals surface area contributed by atoms with Crippen LogP contribution < -0.4 is 0 Å². The standard InChI is InChI=1S/C41H71O9P/c1-4-5-6-7-8-9-10-11-15-18-21-24-27-31-38(42)32-29-34-40(43)48-35-39(36-49-51(45,46)47)50-41(44)33-28-25-22-19-16-13-12-14-17-20-23-26-30-37(2)3/h8-9,11,15,21,24,27,31,37,39H,4-7,10,12-14,16-20,22-23,25-26,28-30,32-36H2,1-3H3,(H2,45,46,47)/b9-8-,15-11-,24-21-,31-27+/t39-/m1/s1. The average molecular weight is 739 g/mol. The van der Waals surface area contributed by atoms with Crippen LogP contribution in [-0.4, -0.2) is 46.8 Å². The second kappa shape index (κ2) is 34.7. The second-order valence-corrected chi connectivity index (χ2v) is 15.0. The molecule has 10 heteroatoms. The largest absolute Gasteiger partial charge is 0.469 e. The highest BCUT2D eigenvalue weighted by atomic mass is 31.2. The van der Waals surface area contributed by atoms with Gasteiger partial charge in [-0.15, -0.1) is 0 Å². The molecule has 294 valence electrons. The number of carbonyl (C=O) groups is 3. The van der Waals surface area contributed by atoms with Gasteiger partial charge in [0.2, 0.25) is 0 Å². The molecule has 0 saturated heterocycles. The quantitative estimate of drug-likeness (QED) is 0.0162. The van der Waals surface area contributed by atoms with Crippen molar-refractivity contribution in [2.24, 2.45) is 5.92 Å². The summed E-state index contributed by atoms with van der Waals surface area (Å²) >= 11 is 0. The summed E-state index contributed by atoms with van der Waals surface area (Å²) < 4.78 is 26.2. The number of allylic oxidation sites excluding steroid dienone is 8. The van der Waals surface area contributed by atoms with Gasteiger partial charge >= 0.3 is 19.8 Å². The fraction of sp³-hybridized carbons (Fsp3) is 0.732. The molecule has 0 saturated carbocycles. The molecule has 0 unspecified atom stereocenters. The van der Waals surface area contributed by atoms with Crippen molar-refractivity contribution in [1.29, 1.82) is 0 Å². The van der Waals surface area contributed by atoms with Crippen LogP contribution in [0.1, 0.15) is 168 Å². The number of ether oxygens (including phenoxy) is 2. The molecule has 0 aromatic heterocycles. The van der Waals surface area contributed by atoms with Crippen molar-refractivity contribution in [2.45, 2.75) is 175 Å². The van der Waals surface area contributed by atoms with Crippen LogP contribution in [0.25, 0.3) is 0 Å². The number of rotatable bonds is 35. The molecule has 51 heavy (non-hydrogen) atoms. The maximum absolute atomic E-state index is 12.4. The molecule has 0 aliphatic carbocycles. The van der Waals surface area contributed by atoms with Crippen molar-refractivity contribution in [3.05, 3.63) is 48.6 Å². The van der Waals surface area contributed by atoms with Crippen LogP contribution in [0.5, 0.6) is 0 Å². The maximum atomic E-state index is 12.4. The second-order valence-electron chi connectivity index (χ2n) is 13.8. The van der Waals surface area contributed by atoms with Crippen molar-refractivity contribution < 1.29 is 42.7 Å². The van der Waals surface area contributed by atoms with Gasteiger partial charge in [-0.3, -0.25) is 18.9 Å². The number of phosphoric acid groups is 1. The molecule has 1 atom stereocenters. The van der Waals surface area contributed by atoms with E-state index in [9.17, 15) is 18.9 Å². The molecule has 0 radical (unpaired) electrons. The van der Waals surface area contributed by atoms with Crippen molar-refractivity contribution in [3.8, 4) is 0 Å². The third kappa shape index (κ3) is 38.7. The Kier molecular flexibility index (Phi) is 33.2. The van der Waals surface area contributed by atoms with Gasteiger partial charge in [0.1, 0.15) is 6.61 Å². The number of esters is 2. The maximum Gasteiger partial charge on any atom is 0.469 e. The van der Waals surface area contributed by atoms with Crippen LogP contribution in [0.3, 0.4) is 0 Å². The Morgan fingerprint density at radius 1 is 0.627 bits per heavy atom. The molecular weight excluding hydrogens is 667 g/mol. The summed E-state index contributed by atoms with van der Waals surface area (Å²) in [5.74, 6) is -0.450. The van der Waals surface area contributed by atoms with Gasteiger partial charge in [0, 0.05) is 19.3 Å². The summed E-state index contributed by atoms with van der Waals surface area (Å²) in [6.45, 7) is 5.76. The van der Waals surface area contributed by atoms with E-state index in [4.69, 9.17) is 19.3 Å². The number of phosphoric ester groups is 1. The molecule has 2 N–H and O–H groups in total. The van der Waals surface area contributed by atoms with E-state index in [1.807, 2.05) is 12.2 Å². The Bertz CT molecular complexity index is 1040. The molecule has 0 bridgehead atoms. The molecule has 9 nitrogen and oxygen atoms in total. The molecule has 0 fully saturated rings. The van der Waals surface area contributed by atoms with Gasteiger partial charge in [0.15, 0.2) is 11.9 Å². The SMILES string of the molecule is CCCCC/C=C\C/C=C\C/C=C\C=C\C(=O)CCCC(=O)OC[C@H](COP(=O)(O)O)OC(=O)CCCCCCCCCCCCCCC(C)C. The van der Waals surface area contributed by atoms with Crippen molar-refractivity contribution in [2.75, 3.05) is 13.2 Å². The van der Waals surface area contributed by atoms with Gasteiger partial charge < -0.3 is 19.3 Å². The Morgan fingerprint density at radius 3 is 1.80 bits per heavy atom. The van der Waals surface area contributed by atoms with Crippen LogP contribution in [0.2, 0.25) is 0 Å². The van der Waals surface area contributed by atoms with E-state index in [0.717, 1.165) is 44.4 Å². The summed E-state index contributed by atoms with van der Waals surface area (Å²) in [6.07, 6.45) is 37.0. The smallest absolute Gasteiger partial charge is 0.462 e. The zero-order chi connectivity index (χ0) is 37.8. The van der Waals surface area contributed by atoms with Crippen molar-refractivity contribution in [3.63, 3.8) is 0 Å². The fourth-order valence-corrected chi connectivity index (χ4v) is 5.64. The highest BCUT2D eigenvalue weighted by Gasteiger charge is 2.23. The van der Waals surface area contributed by atoms with Crippen molar-refractivity contribution in [1.82, 2.24) is 0 Å². The van der Waals surface area contributed by atoms with Gasteiger partial charge in [-0.25, -0.2) is 4.57 Å².